The summed E-state index contributed by atoms with van der Waals surface area (Å²) in [5.41, 5.74) is 5.72. The monoisotopic (exact) mass is 352 g/mol. The van der Waals surface area contributed by atoms with Crippen molar-refractivity contribution >= 4 is 0 Å². The van der Waals surface area contributed by atoms with E-state index in [9.17, 15) is 0 Å². The predicted octanol–water partition coefficient (Wildman–Crippen LogP) is 6.60. The van der Waals surface area contributed by atoms with Crippen LogP contribution in [-0.2, 0) is 0 Å². The highest BCUT2D eigenvalue weighted by Crippen LogP contribution is 2.09. The lowest BCUT2D eigenvalue weighted by Gasteiger charge is -2.12. The van der Waals surface area contributed by atoms with E-state index >= 15 is 0 Å². The van der Waals surface area contributed by atoms with Gasteiger partial charge in [-0.2, -0.15) is 0 Å². The average Bonchev–Trinajstić information content (AvgIpc) is 2.64. The SMILES string of the molecule is CCCCCCCCC=CCCCCCCCCNCC(CC)CN. The van der Waals surface area contributed by atoms with Gasteiger partial charge in [0.15, 0.2) is 0 Å². The van der Waals surface area contributed by atoms with Gasteiger partial charge in [0, 0.05) is 0 Å². The Morgan fingerprint density at radius 3 is 1.76 bits per heavy atom. The first kappa shape index (κ1) is 24.7. The van der Waals surface area contributed by atoms with Crippen molar-refractivity contribution in [2.45, 2.75) is 110 Å². The van der Waals surface area contributed by atoms with Gasteiger partial charge in [0.2, 0.25) is 0 Å². The zero-order valence-electron chi connectivity index (χ0n) is 17.5. The number of hydrogen-bond acceptors (Lipinski definition) is 2. The number of unbranched alkanes of at least 4 members (excludes halogenated alkanes) is 12. The molecule has 0 heterocycles. The Kier molecular flexibility index (Phi) is 21.4. The van der Waals surface area contributed by atoms with Crippen molar-refractivity contribution in [2.75, 3.05) is 19.6 Å². The molecule has 0 saturated carbocycles. The maximum Gasteiger partial charge on any atom is -0.000856 e. The van der Waals surface area contributed by atoms with Gasteiger partial charge >= 0.3 is 0 Å². The second kappa shape index (κ2) is 21.7. The summed E-state index contributed by atoms with van der Waals surface area (Å²) in [6, 6.07) is 0. The lowest BCUT2D eigenvalue weighted by molar-refractivity contribution is 0.462. The minimum Gasteiger partial charge on any atom is -0.330 e. The van der Waals surface area contributed by atoms with Crippen LogP contribution in [0.4, 0.5) is 0 Å². The normalized spacial score (nSPS) is 12.9. The summed E-state index contributed by atoms with van der Waals surface area (Å²) >= 11 is 0. The van der Waals surface area contributed by atoms with Crippen molar-refractivity contribution in [3.8, 4) is 0 Å². The van der Waals surface area contributed by atoms with Crippen LogP contribution in [0.2, 0.25) is 0 Å². The van der Waals surface area contributed by atoms with Gasteiger partial charge in [-0.1, -0.05) is 90.2 Å². The van der Waals surface area contributed by atoms with E-state index < -0.39 is 0 Å². The molecule has 0 rings (SSSR count). The van der Waals surface area contributed by atoms with Crippen molar-refractivity contribution in [1.82, 2.24) is 5.32 Å². The lowest BCUT2D eigenvalue weighted by atomic mass is 10.1. The molecule has 25 heavy (non-hydrogen) atoms. The summed E-state index contributed by atoms with van der Waals surface area (Å²) < 4.78 is 0. The van der Waals surface area contributed by atoms with Crippen molar-refractivity contribution in [3.05, 3.63) is 12.2 Å². The van der Waals surface area contributed by atoms with E-state index in [1.54, 1.807) is 0 Å². The van der Waals surface area contributed by atoms with Crippen molar-refractivity contribution in [3.63, 3.8) is 0 Å². The molecule has 0 aliphatic heterocycles. The molecule has 2 nitrogen and oxygen atoms in total. The molecule has 0 aromatic carbocycles. The van der Waals surface area contributed by atoms with Crippen LogP contribution in [0.1, 0.15) is 110 Å². The molecule has 0 aliphatic rings. The Bertz CT molecular complexity index is 259. The van der Waals surface area contributed by atoms with Gasteiger partial charge in [0.25, 0.3) is 0 Å². The Balaban J connectivity index is 3.12. The van der Waals surface area contributed by atoms with Crippen LogP contribution in [0, 0.1) is 5.92 Å². The fourth-order valence-corrected chi connectivity index (χ4v) is 3.20. The van der Waals surface area contributed by atoms with E-state index in [4.69, 9.17) is 5.73 Å². The smallest absolute Gasteiger partial charge is 0.000856 e. The number of nitrogens with one attached hydrogen (secondary N) is 1. The zero-order valence-corrected chi connectivity index (χ0v) is 17.5. The van der Waals surface area contributed by atoms with Crippen molar-refractivity contribution in [1.29, 1.82) is 0 Å². The first-order chi connectivity index (χ1) is 12.3. The van der Waals surface area contributed by atoms with Crippen LogP contribution >= 0.6 is 0 Å². The second-order valence-electron chi connectivity index (χ2n) is 7.65. The molecule has 0 fully saturated rings. The Hall–Kier alpha value is -0.340. The van der Waals surface area contributed by atoms with Crippen LogP contribution in [-0.4, -0.2) is 19.6 Å². The van der Waals surface area contributed by atoms with E-state index in [1.807, 2.05) is 0 Å². The topological polar surface area (TPSA) is 38.0 Å². The molecule has 0 aromatic heterocycles. The van der Waals surface area contributed by atoms with Gasteiger partial charge < -0.3 is 11.1 Å². The molecule has 2 heteroatoms. The van der Waals surface area contributed by atoms with Gasteiger partial charge in [-0.25, -0.2) is 0 Å². The molecule has 3 N–H and O–H groups in total. The minimum atomic E-state index is 0.661. The van der Waals surface area contributed by atoms with Crippen molar-refractivity contribution in [2.24, 2.45) is 11.7 Å². The molecule has 1 unspecified atom stereocenters. The first-order valence-corrected chi connectivity index (χ1v) is 11.4. The number of rotatable bonds is 20. The summed E-state index contributed by atoms with van der Waals surface area (Å²) in [5.74, 6) is 0.661. The molecule has 0 aromatic rings. The molecule has 0 bridgehead atoms. The number of nitrogens with two attached hydrogens (primary N) is 1. The summed E-state index contributed by atoms with van der Waals surface area (Å²) in [7, 11) is 0. The zero-order chi connectivity index (χ0) is 18.4. The van der Waals surface area contributed by atoms with E-state index in [2.05, 4.69) is 31.3 Å². The standard InChI is InChI=1S/C23H48N2/c1-3-5-6-7-8-9-10-11-12-13-14-15-16-17-18-19-20-25-22-23(4-2)21-24/h11-12,23,25H,3-10,13-22,24H2,1-2H3. The Labute approximate surface area is 159 Å². The highest BCUT2D eigenvalue weighted by molar-refractivity contribution is 4.81. The van der Waals surface area contributed by atoms with Gasteiger partial charge in [-0.05, 0) is 57.7 Å². The molecule has 0 amide bonds. The third-order valence-electron chi connectivity index (χ3n) is 5.21. The van der Waals surface area contributed by atoms with E-state index in [0.29, 0.717) is 5.92 Å². The fraction of sp³-hybridized carbons (Fsp3) is 0.913. The third-order valence-corrected chi connectivity index (χ3v) is 5.21. The molecule has 0 radical (unpaired) electrons. The quantitative estimate of drug-likeness (QED) is 0.191. The van der Waals surface area contributed by atoms with Gasteiger partial charge in [0.05, 0.1) is 0 Å². The summed E-state index contributed by atoms with van der Waals surface area (Å²) in [4.78, 5) is 0. The maximum atomic E-state index is 5.72. The van der Waals surface area contributed by atoms with E-state index in [1.165, 1.54) is 96.3 Å². The van der Waals surface area contributed by atoms with E-state index in [-0.39, 0.29) is 0 Å². The van der Waals surface area contributed by atoms with E-state index in [0.717, 1.165) is 19.6 Å². The lowest BCUT2D eigenvalue weighted by Crippen LogP contribution is -2.28. The highest BCUT2D eigenvalue weighted by atomic mass is 14.9. The largest absolute Gasteiger partial charge is 0.330 e. The number of hydrogen-bond donors (Lipinski definition) is 2. The predicted molar refractivity (Wildman–Crippen MR) is 115 cm³/mol. The first-order valence-electron chi connectivity index (χ1n) is 11.4. The summed E-state index contributed by atoms with van der Waals surface area (Å²) in [6.07, 6.45) is 25.3. The minimum absolute atomic E-state index is 0.661. The van der Waals surface area contributed by atoms with Gasteiger partial charge in [-0.3, -0.25) is 0 Å². The van der Waals surface area contributed by atoms with Crippen LogP contribution < -0.4 is 11.1 Å². The van der Waals surface area contributed by atoms with Crippen LogP contribution in [0.15, 0.2) is 12.2 Å². The molecule has 1 atom stereocenters. The number of allylic oxidation sites excluding steroid dienone is 2. The maximum absolute atomic E-state index is 5.72. The van der Waals surface area contributed by atoms with Crippen molar-refractivity contribution < 1.29 is 0 Å². The molecule has 0 aliphatic carbocycles. The van der Waals surface area contributed by atoms with Crippen LogP contribution in [0.5, 0.6) is 0 Å². The average molecular weight is 353 g/mol. The van der Waals surface area contributed by atoms with Gasteiger partial charge in [0.1, 0.15) is 0 Å². The molecular formula is C23H48N2. The van der Waals surface area contributed by atoms with Crippen LogP contribution in [0.25, 0.3) is 0 Å². The summed E-state index contributed by atoms with van der Waals surface area (Å²) in [5, 5.41) is 3.55. The second-order valence-corrected chi connectivity index (χ2v) is 7.65. The van der Waals surface area contributed by atoms with Crippen LogP contribution in [0.3, 0.4) is 0 Å². The molecule has 0 saturated heterocycles. The molecule has 0 spiro atoms. The summed E-state index contributed by atoms with van der Waals surface area (Å²) in [6.45, 7) is 7.59. The fourth-order valence-electron chi connectivity index (χ4n) is 3.20. The Morgan fingerprint density at radius 2 is 1.24 bits per heavy atom. The third kappa shape index (κ3) is 19.8. The highest BCUT2D eigenvalue weighted by Gasteiger charge is 2.01. The molecular weight excluding hydrogens is 304 g/mol. The Morgan fingerprint density at radius 1 is 0.720 bits per heavy atom. The molecule has 150 valence electrons. The van der Waals surface area contributed by atoms with Gasteiger partial charge in [-0.15, -0.1) is 0 Å².